The van der Waals surface area contributed by atoms with E-state index in [1.165, 1.54) is 11.1 Å². The van der Waals surface area contributed by atoms with Gasteiger partial charge >= 0.3 is 0 Å². The molecule has 2 aliphatic rings. The molecule has 3 heterocycles. The molecule has 1 aromatic rings. The Bertz CT molecular complexity index is 759. The number of sulfone groups is 1. The number of carbonyl (C=O) groups excluding carboxylic acids is 2. The van der Waals surface area contributed by atoms with Gasteiger partial charge < -0.3 is 14.7 Å². The fourth-order valence-corrected chi connectivity index (χ4v) is 5.03. The third-order valence-electron chi connectivity index (χ3n) is 4.88. The Labute approximate surface area is 147 Å². The van der Waals surface area contributed by atoms with Gasteiger partial charge in [-0.25, -0.2) is 8.42 Å². The predicted octanol–water partition coefficient (Wildman–Crippen LogP) is -0.381. The summed E-state index contributed by atoms with van der Waals surface area (Å²) in [5.41, 5.74) is 1.28. The lowest BCUT2D eigenvalue weighted by Crippen LogP contribution is -2.45. The van der Waals surface area contributed by atoms with Gasteiger partial charge in [-0.05, 0) is 12.5 Å². The number of amides is 2. The van der Waals surface area contributed by atoms with E-state index in [2.05, 4.69) is 9.88 Å². The Hall–Kier alpha value is -2.16. The first-order valence-corrected chi connectivity index (χ1v) is 10.1. The van der Waals surface area contributed by atoms with Crippen LogP contribution in [-0.2, 0) is 14.6 Å². The molecule has 9 heteroatoms. The molecule has 2 fully saturated rings. The Morgan fingerprint density at radius 2 is 2.00 bits per heavy atom. The van der Waals surface area contributed by atoms with E-state index in [0.717, 1.165) is 12.1 Å². The van der Waals surface area contributed by atoms with Crippen molar-refractivity contribution in [1.82, 2.24) is 14.8 Å². The summed E-state index contributed by atoms with van der Waals surface area (Å²) >= 11 is 0. The number of carbonyl (C=O) groups is 2. The number of pyridine rings is 1. The van der Waals surface area contributed by atoms with Crippen LogP contribution in [0.2, 0.25) is 0 Å². The van der Waals surface area contributed by atoms with Crippen molar-refractivity contribution < 1.29 is 18.0 Å². The van der Waals surface area contributed by atoms with Gasteiger partial charge in [0.05, 0.1) is 29.0 Å². The smallest absolute Gasteiger partial charge is 0.255 e. The minimum atomic E-state index is -3.04. The van der Waals surface area contributed by atoms with Crippen molar-refractivity contribution in [2.75, 3.05) is 49.6 Å². The summed E-state index contributed by atoms with van der Waals surface area (Å²) in [6, 6.07) is 1.50. The Morgan fingerprint density at radius 1 is 1.28 bits per heavy atom. The van der Waals surface area contributed by atoms with Crippen molar-refractivity contribution in [2.45, 2.75) is 12.5 Å². The van der Waals surface area contributed by atoms with E-state index in [9.17, 15) is 18.0 Å². The number of rotatable bonds is 4. The van der Waals surface area contributed by atoms with Crippen LogP contribution >= 0.6 is 0 Å². The third kappa shape index (κ3) is 3.92. The largest absolute Gasteiger partial charge is 0.367 e. The van der Waals surface area contributed by atoms with Crippen molar-refractivity contribution in [1.29, 1.82) is 0 Å². The molecular weight excluding hydrogens is 344 g/mol. The first kappa shape index (κ1) is 17.7. The molecule has 1 unspecified atom stereocenters. The number of hydrogen-bond donors (Lipinski definition) is 0. The maximum atomic E-state index is 12.7. The average Bonchev–Trinajstić information content (AvgIpc) is 3.00. The van der Waals surface area contributed by atoms with Crippen LogP contribution in [0.4, 0.5) is 5.69 Å². The summed E-state index contributed by atoms with van der Waals surface area (Å²) in [5.74, 6) is -0.0621. The van der Waals surface area contributed by atoms with Gasteiger partial charge in [0.15, 0.2) is 9.84 Å². The molecular formula is C16H22N4O4S. The van der Waals surface area contributed by atoms with Crippen LogP contribution in [0.5, 0.6) is 0 Å². The van der Waals surface area contributed by atoms with E-state index >= 15 is 0 Å². The maximum Gasteiger partial charge on any atom is 0.255 e. The van der Waals surface area contributed by atoms with Crippen molar-refractivity contribution in [3.63, 3.8) is 0 Å². The van der Waals surface area contributed by atoms with Crippen molar-refractivity contribution >= 4 is 27.8 Å². The molecule has 136 valence electrons. The normalized spacial score (nSPS) is 22.7. The summed E-state index contributed by atoms with van der Waals surface area (Å²) in [5, 5.41) is 0. The molecule has 0 aliphatic carbocycles. The summed E-state index contributed by atoms with van der Waals surface area (Å²) in [7, 11) is -1.40. The zero-order valence-corrected chi connectivity index (χ0v) is 15.0. The molecule has 0 N–H and O–H groups in total. The number of piperazine rings is 1. The molecule has 0 bridgehead atoms. The average molecular weight is 366 g/mol. The van der Waals surface area contributed by atoms with E-state index < -0.39 is 9.84 Å². The Morgan fingerprint density at radius 3 is 2.60 bits per heavy atom. The standard InChI is InChI=1S/C16H22N4O4S/c1-18(14-2-7-25(23,24)11-14)16(22)13-8-15(10-17-9-13)20-5-3-19(12-21)4-6-20/h8-10,12,14H,2-7,11H2,1H3. The SMILES string of the molecule is CN(C(=O)c1cncc(N2CCN(C=O)CC2)c1)C1CCS(=O)(=O)C1. The van der Waals surface area contributed by atoms with Crippen LogP contribution in [0.25, 0.3) is 0 Å². The molecule has 1 aromatic heterocycles. The number of nitrogens with zero attached hydrogens (tertiary/aromatic N) is 4. The van der Waals surface area contributed by atoms with Gasteiger partial charge in [0.2, 0.25) is 6.41 Å². The van der Waals surface area contributed by atoms with Crippen LogP contribution in [0.1, 0.15) is 16.8 Å². The van der Waals surface area contributed by atoms with Gasteiger partial charge in [-0.1, -0.05) is 0 Å². The highest BCUT2D eigenvalue weighted by atomic mass is 32.2. The van der Waals surface area contributed by atoms with Gasteiger partial charge in [-0.2, -0.15) is 0 Å². The van der Waals surface area contributed by atoms with Gasteiger partial charge in [0.1, 0.15) is 0 Å². The Balaban J connectivity index is 1.70. The molecule has 2 amide bonds. The highest BCUT2D eigenvalue weighted by Gasteiger charge is 2.33. The molecule has 25 heavy (non-hydrogen) atoms. The highest BCUT2D eigenvalue weighted by molar-refractivity contribution is 7.91. The lowest BCUT2D eigenvalue weighted by atomic mass is 10.1. The summed E-state index contributed by atoms with van der Waals surface area (Å²) in [4.78, 5) is 33.0. The second kappa shape index (κ2) is 6.99. The maximum absolute atomic E-state index is 12.7. The first-order chi connectivity index (χ1) is 11.9. The van der Waals surface area contributed by atoms with Gasteiger partial charge in [0.25, 0.3) is 5.91 Å². The van der Waals surface area contributed by atoms with Crippen LogP contribution in [0.15, 0.2) is 18.5 Å². The lowest BCUT2D eigenvalue weighted by Gasteiger charge is -2.34. The first-order valence-electron chi connectivity index (χ1n) is 8.26. The molecule has 0 radical (unpaired) electrons. The second-order valence-electron chi connectivity index (χ2n) is 6.53. The zero-order chi connectivity index (χ0) is 18.0. The van der Waals surface area contributed by atoms with Crippen molar-refractivity contribution in [2.24, 2.45) is 0 Å². The number of hydrogen-bond acceptors (Lipinski definition) is 6. The summed E-state index contributed by atoms with van der Waals surface area (Å²) < 4.78 is 23.3. The zero-order valence-electron chi connectivity index (χ0n) is 14.2. The van der Waals surface area contributed by atoms with E-state index in [-0.39, 0.29) is 23.5 Å². The molecule has 0 aromatic carbocycles. The highest BCUT2D eigenvalue weighted by Crippen LogP contribution is 2.21. The monoisotopic (exact) mass is 366 g/mol. The third-order valence-corrected chi connectivity index (χ3v) is 6.63. The topological polar surface area (TPSA) is 90.9 Å². The van der Waals surface area contributed by atoms with E-state index in [4.69, 9.17) is 0 Å². The van der Waals surface area contributed by atoms with Crippen molar-refractivity contribution in [3.05, 3.63) is 24.0 Å². The molecule has 1 atom stereocenters. The fraction of sp³-hybridized carbons (Fsp3) is 0.562. The summed E-state index contributed by atoms with van der Waals surface area (Å²) in [6.45, 7) is 2.66. The quantitative estimate of drug-likeness (QED) is 0.675. The summed E-state index contributed by atoms with van der Waals surface area (Å²) in [6.07, 6.45) is 4.53. The minimum Gasteiger partial charge on any atom is -0.367 e. The van der Waals surface area contributed by atoms with E-state index in [0.29, 0.717) is 38.2 Å². The molecule has 8 nitrogen and oxygen atoms in total. The molecule has 2 saturated heterocycles. The molecule has 0 spiro atoms. The van der Waals surface area contributed by atoms with E-state index in [1.807, 2.05) is 0 Å². The van der Waals surface area contributed by atoms with Gasteiger partial charge in [0, 0.05) is 45.5 Å². The number of aromatic nitrogens is 1. The second-order valence-corrected chi connectivity index (χ2v) is 8.76. The van der Waals surface area contributed by atoms with Gasteiger partial charge in [-0.3, -0.25) is 14.6 Å². The van der Waals surface area contributed by atoms with Gasteiger partial charge in [-0.15, -0.1) is 0 Å². The van der Waals surface area contributed by atoms with Crippen molar-refractivity contribution in [3.8, 4) is 0 Å². The number of anilines is 1. The predicted molar refractivity (Wildman–Crippen MR) is 93.2 cm³/mol. The lowest BCUT2D eigenvalue weighted by molar-refractivity contribution is -0.118. The Kier molecular flexibility index (Phi) is 4.94. The fourth-order valence-electron chi connectivity index (χ4n) is 3.25. The van der Waals surface area contributed by atoms with Crippen LogP contribution in [-0.4, -0.2) is 86.3 Å². The molecule has 3 rings (SSSR count). The molecule has 2 aliphatic heterocycles. The molecule has 0 saturated carbocycles. The van der Waals surface area contributed by atoms with E-state index in [1.54, 1.807) is 24.2 Å². The van der Waals surface area contributed by atoms with Crippen LogP contribution in [0.3, 0.4) is 0 Å². The van der Waals surface area contributed by atoms with Crippen LogP contribution in [0, 0.1) is 0 Å². The van der Waals surface area contributed by atoms with Crippen LogP contribution < -0.4 is 4.90 Å². The minimum absolute atomic E-state index is 0.0238.